The Labute approximate surface area is 142 Å². The third-order valence-corrected chi connectivity index (χ3v) is 4.08. The van der Waals surface area contributed by atoms with Crippen LogP contribution in [0.2, 0.25) is 0 Å². The number of carbonyl (C=O) groups excluding carboxylic acids is 1. The highest BCUT2D eigenvalue weighted by Crippen LogP contribution is 2.18. The molecule has 3 rings (SSSR count). The van der Waals surface area contributed by atoms with Crippen molar-refractivity contribution < 1.29 is 4.79 Å². The van der Waals surface area contributed by atoms with E-state index in [0.717, 1.165) is 23.3 Å². The van der Waals surface area contributed by atoms with Crippen molar-refractivity contribution in [1.29, 1.82) is 0 Å². The number of para-hydroxylation sites is 2. The van der Waals surface area contributed by atoms with Crippen LogP contribution in [-0.2, 0) is 11.2 Å². The van der Waals surface area contributed by atoms with Crippen LogP contribution in [0, 0.1) is 5.92 Å². The Hall–Kier alpha value is -2.56. The van der Waals surface area contributed by atoms with Gasteiger partial charge in [-0.1, -0.05) is 26.0 Å². The summed E-state index contributed by atoms with van der Waals surface area (Å²) in [5.74, 6) is 1.42. The molecule has 24 heavy (non-hydrogen) atoms. The first-order chi connectivity index (χ1) is 11.6. The van der Waals surface area contributed by atoms with E-state index in [0.29, 0.717) is 18.9 Å². The molecule has 0 fully saturated rings. The summed E-state index contributed by atoms with van der Waals surface area (Å²) in [4.78, 5) is 20.4. The summed E-state index contributed by atoms with van der Waals surface area (Å²) in [5.41, 5.74) is 1.99. The van der Waals surface area contributed by atoms with Crippen LogP contribution < -0.4 is 5.32 Å². The van der Waals surface area contributed by atoms with Gasteiger partial charge in [-0.2, -0.15) is 0 Å². The Morgan fingerprint density at radius 3 is 2.67 bits per heavy atom. The summed E-state index contributed by atoms with van der Waals surface area (Å²) < 4.78 is 1.98. The van der Waals surface area contributed by atoms with Gasteiger partial charge in [0.2, 0.25) is 5.91 Å². The number of hydrogen-bond acceptors (Lipinski definition) is 2. The summed E-state index contributed by atoms with van der Waals surface area (Å²) in [5, 5.41) is 3.05. The number of H-pyrrole nitrogens is 1. The second kappa shape index (κ2) is 7.34. The number of fused-ring (bicyclic) bond motifs is 1. The molecule has 2 heterocycles. The fraction of sp³-hybridized carbons (Fsp3) is 0.368. The highest BCUT2D eigenvalue weighted by atomic mass is 16.2. The number of nitrogens with one attached hydrogen (secondary N) is 2. The minimum atomic E-state index is -0.157. The van der Waals surface area contributed by atoms with Gasteiger partial charge in [-0.3, -0.25) is 4.79 Å². The monoisotopic (exact) mass is 324 g/mol. The van der Waals surface area contributed by atoms with Crippen molar-refractivity contribution in [3.63, 3.8) is 0 Å². The molecular formula is C19H24N4O. The SMILES string of the molecule is CC(C)C[C@H](C(=O)NCCc1nc2ccccc2[nH]1)n1cccc1. The minimum absolute atomic E-state index is 0.0658. The standard InChI is InChI=1S/C19H24N4O/c1-14(2)13-17(23-11-5-6-12-23)19(24)20-10-9-18-21-15-7-3-4-8-16(15)22-18/h3-8,11-12,14,17H,9-10,13H2,1-2H3,(H,20,24)(H,21,22)/t17-/m1/s1. The fourth-order valence-electron chi connectivity index (χ4n) is 2.91. The van der Waals surface area contributed by atoms with Crippen LogP contribution in [0.4, 0.5) is 0 Å². The zero-order valence-electron chi connectivity index (χ0n) is 14.2. The number of aromatic nitrogens is 3. The van der Waals surface area contributed by atoms with Crippen LogP contribution in [-0.4, -0.2) is 27.0 Å². The molecule has 0 aliphatic rings. The van der Waals surface area contributed by atoms with E-state index in [1.54, 1.807) is 0 Å². The number of rotatable bonds is 7. The molecule has 0 radical (unpaired) electrons. The second-order valence-electron chi connectivity index (χ2n) is 6.52. The summed E-state index contributed by atoms with van der Waals surface area (Å²) in [7, 11) is 0. The van der Waals surface area contributed by atoms with Gasteiger partial charge in [0.25, 0.3) is 0 Å². The van der Waals surface area contributed by atoms with Gasteiger partial charge in [-0.05, 0) is 36.6 Å². The van der Waals surface area contributed by atoms with Crippen molar-refractivity contribution in [3.8, 4) is 0 Å². The highest BCUT2D eigenvalue weighted by Gasteiger charge is 2.20. The van der Waals surface area contributed by atoms with E-state index in [4.69, 9.17) is 0 Å². The smallest absolute Gasteiger partial charge is 0.243 e. The molecule has 0 saturated heterocycles. The lowest BCUT2D eigenvalue weighted by Crippen LogP contribution is -2.34. The molecule has 0 aliphatic heterocycles. The Bertz CT molecular complexity index is 756. The predicted molar refractivity (Wildman–Crippen MR) is 95.7 cm³/mol. The van der Waals surface area contributed by atoms with Crippen LogP contribution >= 0.6 is 0 Å². The van der Waals surface area contributed by atoms with Crippen molar-refractivity contribution in [3.05, 3.63) is 54.6 Å². The lowest BCUT2D eigenvalue weighted by Gasteiger charge is -2.20. The highest BCUT2D eigenvalue weighted by molar-refractivity contribution is 5.80. The molecular weight excluding hydrogens is 300 g/mol. The maximum atomic E-state index is 12.6. The van der Waals surface area contributed by atoms with Gasteiger partial charge in [0.05, 0.1) is 11.0 Å². The van der Waals surface area contributed by atoms with Crippen LogP contribution in [0.5, 0.6) is 0 Å². The molecule has 1 amide bonds. The number of carbonyl (C=O) groups is 1. The number of aromatic amines is 1. The van der Waals surface area contributed by atoms with E-state index >= 15 is 0 Å². The van der Waals surface area contributed by atoms with E-state index in [2.05, 4.69) is 29.1 Å². The summed E-state index contributed by atoms with van der Waals surface area (Å²) in [6.45, 7) is 4.85. The van der Waals surface area contributed by atoms with Gasteiger partial charge in [-0.25, -0.2) is 4.98 Å². The topological polar surface area (TPSA) is 62.7 Å². The number of nitrogens with zero attached hydrogens (tertiary/aromatic N) is 2. The first kappa shape index (κ1) is 16.3. The molecule has 2 N–H and O–H groups in total. The van der Waals surface area contributed by atoms with E-state index in [-0.39, 0.29) is 11.9 Å². The average molecular weight is 324 g/mol. The number of imidazole rings is 1. The van der Waals surface area contributed by atoms with Gasteiger partial charge in [-0.15, -0.1) is 0 Å². The average Bonchev–Trinajstić information content (AvgIpc) is 3.21. The van der Waals surface area contributed by atoms with Crippen LogP contribution in [0.1, 0.15) is 32.1 Å². The lowest BCUT2D eigenvalue weighted by atomic mass is 10.0. The summed E-state index contributed by atoms with van der Waals surface area (Å²) in [6, 6.07) is 11.7. The van der Waals surface area contributed by atoms with E-state index in [1.807, 2.05) is 53.4 Å². The van der Waals surface area contributed by atoms with E-state index in [1.165, 1.54) is 0 Å². The van der Waals surface area contributed by atoms with Crippen molar-refractivity contribution in [1.82, 2.24) is 19.9 Å². The number of amides is 1. The molecule has 126 valence electrons. The molecule has 3 aromatic rings. The predicted octanol–water partition coefficient (Wildman–Crippen LogP) is 3.31. The van der Waals surface area contributed by atoms with Gasteiger partial charge < -0.3 is 14.9 Å². The second-order valence-corrected chi connectivity index (χ2v) is 6.52. The zero-order chi connectivity index (χ0) is 16.9. The van der Waals surface area contributed by atoms with Crippen molar-refractivity contribution in [2.75, 3.05) is 6.54 Å². The maximum Gasteiger partial charge on any atom is 0.243 e. The van der Waals surface area contributed by atoms with Gasteiger partial charge in [0.1, 0.15) is 11.9 Å². The molecule has 5 heteroatoms. The Morgan fingerprint density at radius 1 is 1.21 bits per heavy atom. The van der Waals surface area contributed by atoms with E-state index < -0.39 is 0 Å². The molecule has 0 saturated carbocycles. The molecule has 0 bridgehead atoms. The molecule has 2 aromatic heterocycles. The largest absolute Gasteiger partial charge is 0.354 e. The van der Waals surface area contributed by atoms with Gasteiger partial charge in [0, 0.05) is 25.4 Å². The fourth-order valence-corrected chi connectivity index (χ4v) is 2.91. The minimum Gasteiger partial charge on any atom is -0.354 e. The van der Waals surface area contributed by atoms with Gasteiger partial charge in [0.15, 0.2) is 0 Å². The third-order valence-electron chi connectivity index (χ3n) is 4.08. The molecule has 0 spiro atoms. The Morgan fingerprint density at radius 2 is 1.96 bits per heavy atom. The quantitative estimate of drug-likeness (QED) is 0.700. The van der Waals surface area contributed by atoms with Crippen LogP contribution in [0.3, 0.4) is 0 Å². The Kier molecular flexibility index (Phi) is 4.99. The number of hydrogen-bond donors (Lipinski definition) is 2. The van der Waals surface area contributed by atoms with E-state index in [9.17, 15) is 4.79 Å². The zero-order valence-corrected chi connectivity index (χ0v) is 14.2. The summed E-state index contributed by atoms with van der Waals surface area (Å²) in [6.07, 6.45) is 5.42. The lowest BCUT2D eigenvalue weighted by molar-refractivity contribution is -0.124. The Balaban J connectivity index is 1.59. The number of benzene rings is 1. The maximum absolute atomic E-state index is 12.6. The molecule has 1 atom stereocenters. The van der Waals surface area contributed by atoms with Gasteiger partial charge >= 0.3 is 0 Å². The van der Waals surface area contributed by atoms with Crippen LogP contribution in [0.15, 0.2) is 48.8 Å². The third kappa shape index (κ3) is 3.85. The summed E-state index contributed by atoms with van der Waals surface area (Å²) >= 11 is 0. The normalized spacial score (nSPS) is 12.6. The molecule has 5 nitrogen and oxygen atoms in total. The molecule has 1 aromatic carbocycles. The van der Waals surface area contributed by atoms with Crippen LogP contribution in [0.25, 0.3) is 11.0 Å². The first-order valence-electron chi connectivity index (χ1n) is 8.47. The van der Waals surface area contributed by atoms with Crippen molar-refractivity contribution >= 4 is 16.9 Å². The molecule has 0 aliphatic carbocycles. The van der Waals surface area contributed by atoms with Crippen molar-refractivity contribution in [2.45, 2.75) is 32.7 Å². The molecule has 0 unspecified atom stereocenters. The first-order valence-corrected chi connectivity index (χ1v) is 8.47. The van der Waals surface area contributed by atoms with Crippen molar-refractivity contribution in [2.24, 2.45) is 5.92 Å².